The summed E-state index contributed by atoms with van der Waals surface area (Å²) in [6.07, 6.45) is 1.19. The zero-order valence-corrected chi connectivity index (χ0v) is 7.42. The highest BCUT2D eigenvalue weighted by Gasteiger charge is 2.08. The Hall–Kier alpha value is 0.260. The van der Waals surface area contributed by atoms with Crippen LogP contribution in [0.15, 0.2) is 0 Å². The van der Waals surface area contributed by atoms with E-state index in [2.05, 4.69) is 0 Å². The fourth-order valence-electron chi connectivity index (χ4n) is 0.278. The van der Waals surface area contributed by atoms with Crippen molar-refractivity contribution in [2.75, 3.05) is 19.1 Å². The van der Waals surface area contributed by atoms with Gasteiger partial charge in [0.2, 0.25) is 10.0 Å². The maximum atomic E-state index is 10.6. The minimum absolute atomic E-state index is 0.781. The van der Waals surface area contributed by atoms with E-state index in [1.54, 1.807) is 7.05 Å². The summed E-state index contributed by atoms with van der Waals surface area (Å²) < 4.78 is 22.5. The molecule has 0 aromatic heterocycles. The van der Waals surface area contributed by atoms with Crippen LogP contribution in [-0.2, 0) is 10.0 Å². The third kappa shape index (κ3) is 3.77. The van der Waals surface area contributed by atoms with E-state index in [0.717, 1.165) is 5.75 Å². The second-order valence-corrected chi connectivity index (χ2v) is 5.22. The van der Waals surface area contributed by atoms with Crippen molar-refractivity contribution in [2.45, 2.75) is 6.92 Å². The van der Waals surface area contributed by atoms with Crippen molar-refractivity contribution in [2.24, 2.45) is 0 Å². The van der Waals surface area contributed by atoms with Crippen molar-refractivity contribution < 1.29 is 8.42 Å². The molecule has 0 aliphatic rings. The highest BCUT2D eigenvalue weighted by molar-refractivity contribution is 8.08. The van der Waals surface area contributed by atoms with Crippen molar-refractivity contribution in [1.29, 1.82) is 0 Å². The molecule has 0 heterocycles. The Morgan fingerprint density at radius 3 is 2.11 bits per heavy atom. The quantitative estimate of drug-likeness (QED) is 0.579. The van der Waals surface area contributed by atoms with Crippen LogP contribution < -0.4 is 0 Å². The molecule has 0 bridgehead atoms. The monoisotopic (exact) mass is 169 g/mol. The lowest BCUT2D eigenvalue weighted by Gasteiger charge is -2.09. The summed E-state index contributed by atoms with van der Waals surface area (Å²) in [6, 6.07) is 0. The molecule has 0 spiro atoms. The van der Waals surface area contributed by atoms with Crippen LogP contribution in [0.4, 0.5) is 0 Å². The SMILES string of the molecule is CCSN(C)S(C)(=O)=O. The van der Waals surface area contributed by atoms with Crippen molar-refractivity contribution in [3.63, 3.8) is 0 Å². The number of hydrogen-bond acceptors (Lipinski definition) is 3. The average Bonchev–Trinajstić information content (AvgIpc) is 1.64. The highest BCUT2D eigenvalue weighted by atomic mass is 32.3. The molecule has 0 aliphatic heterocycles. The maximum Gasteiger partial charge on any atom is 0.220 e. The minimum Gasteiger partial charge on any atom is -0.212 e. The van der Waals surface area contributed by atoms with E-state index in [-0.39, 0.29) is 0 Å². The molecule has 0 aromatic carbocycles. The zero-order chi connectivity index (χ0) is 7.49. The van der Waals surface area contributed by atoms with Gasteiger partial charge in [-0.15, -0.1) is 3.71 Å². The summed E-state index contributed by atoms with van der Waals surface area (Å²) in [5.41, 5.74) is 0. The first kappa shape index (κ1) is 9.26. The van der Waals surface area contributed by atoms with E-state index >= 15 is 0 Å². The molecule has 0 N–H and O–H groups in total. The van der Waals surface area contributed by atoms with Gasteiger partial charge >= 0.3 is 0 Å². The number of hydrogen-bond donors (Lipinski definition) is 0. The van der Waals surface area contributed by atoms with Gasteiger partial charge in [0.25, 0.3) is 0 Å². The van der Waals surface area contributed by atoms with E-state index < -0.39 is 10.0 Å². The Kier molecular flexibility index (Phi) is 3.53. The van der Waals surface area contributed by atoms with E-state index in [0.29, 0.717) is 0 Å². The van der Waals surface area contributed by atoms with Crippen molar-refractivity contribution in [3.8, 4) is 0 Å². The summed E-state index contributed by atoms with van der Waals surface area (Å²) in [4.78, 5) is 0. The topological polar surface area (TPSA) is 37.4 Å². The standard InChI is InChI=1S/C4H11NO2S2/c1-4-8-5(2)9(3,6)7/h4H2,1-3H3. The zero-order valence-electron chi connectivity index (χ0n) is 5.79. The van der Waals surface area contributed by atoms with Gasteiger partial charge in [0.15, 0.2) is 0 Å². The Balaban J connectivity index is 3.90. The Bertz CT molecular complexity index is 163. The third-order valence-corrected chi connectivity index (χ3v) is 3.46. The first-order valence-corrected chi connectivity index (χ1v) is 5.34. The molecule has 0 saturated heterocycles. The fourth-order valence-corrected chi connectivity index (χ4v) is 1.72. The van der Waals surface area contributed by atoms with Crippen molar-refractivity contribution in [1.82, 2.24) is 3.71 Å². The Labute approximate surface area is 60.6 Å². The Morgan fingerprint density at radius 1 is 1.56 bits per heavy atom. The van der Waals surface area contributed by atoms with E-state index in [1.807, 2.05) is 6.92 Å². The van der Waals surface area contributed by atoms with Crippen LogP contribution in [0.2, 0.25) is 0 Å². The highest BCUT2D eigenvalue weighted by Crippen LogP contribution is 2.09. The van der Waals surface area contributed by atoms with Crippen LogP contribution >= 0.6 is 11.9 Å². The van der Waals surface area contributed by atoms with Gasteiger partial charge in [0, 0.05) is 12.8 Å². The lowest BCUT2D eigenvalue weighted by Crippen LogP contribution is -2.17. The second-order valence-electron chi connectivity index (χ2n) is 1.59. The van der Waals surface area contributed by atoms with Gasteiger partial charge in [-0.1, -0.05) is 18.9 Å². The van der Waals surface area contributed by atoms with Crippen LogP contribution in [-0.4, -0.2) is 31.2 Å². The van der Waals surface area contributed by atoms with E-state index in [1.165, 1.54) is 21.9 Å². The molecule has 0 fully saturated rings. The molecule has 0 amide bonds. The predicted molar refractivity (Wildman–Crippen MR) is 40.7 cm³/mol. The smallest absolute Gasteiger partial charge is 0.212 e. The Morgan fingerprint density at radius 2 is 2.00 bits per heavy atom. The van der Waals surface area contributed by atoms with Gasteiger partial charge in [-0.25, -0.2) is 8.42 Å². The first-order valence-electron chi connectivity index (χ1n) is 2.55. The molecular weight excluding hydrogens is 158 g/mol. The first-order chi connectivity index (χ1) is 3.98. The number of rotatable bonds is 3. The normalized spacial score (nSPS) is 12.4. The number of nitrogens with zero attached hydrogens (tertiary/aromatic N) is 1. The van der Waals surface area contributed by atoms with Crippen LogP contribution in [0.3, 0.4) is 0 Å². The molecule has 0 saturated carbocycles. The predicted octanol–water partition coefficient (Wildman–Crippen LogP) is 0.546. The summed E-state index contributed by atoms with van der Waals surface area (Å²) in [7, 11) is -1.42. The molecule has 0 aliphatic carbocycles. The molecule has 9 heavy (non-hydrogen) atoms. The average molecular weight is 169 g/mol. The van der Waals surface area contributed by atoms with Crippen molar-refractivity contribution >= 4 is 22.0 Å². The molecule has 3 nitrogen and oxygen atoms in total. The van der Waals surface area contributed by atoms with E-state index in [4.69, 9.17) is 0 Å². The molecule has 0 atom stereocenters. The van der Waals surface area contributed by atoms with Crippen LogP contribution in [0.25, 0.3) is 0 Å². The molecule has 0 aromatic rings. The third-order valence-electron chi connectivity index (χ3n) is 0.778. The molecule has 0 unspecified atom stereocenters. The molecule has 0 rings (SSSR count). The van der Waals surface area contributed by atoms with Gasteiger partial charge < -0.3 is 0 Å². The lowest BCUT2D eigenvalue weighted by molar-refractivity contribution is 0.571. The van der Waals surface area contributed by atoms with Crippen LogP contribution in [0, 0.1) is 0 Å². The van der Waals surface area contributed by atoms with Gasteiger partial charge in [-0.2, -0.15) is 0 Å². The van der Waals surface area contributed by atoms with Gasteiger partial charge in [-0.05, 0) is 0 Å². The largest absolute Gasteiger partial charge is 0.220 e. The fraction of sp³-hybridized carbons (Fsp3) is 1.00. The van der Waals surface area contributed by atoms with Crippen LogP contribution in [0.1, 0.15) is 6.92 Å². The molecule has 0 radical (unpaired) electrons. The maximum absolute atomic E-state index is 10.6. The van der Waals surface area contributed by atoms with Gasteiger partial charge in [0.05, 0.1) is 6.26 Å². The van der Waals surface area contributed by atoms with Crippen molar-refractivity contribution in [3.05, 3.63) is 0 Å². The molecule has 5 heteroatoms. The lowest BCUT2D eigenvalue weighted by atomic mass is 11.0. The molecule has 56 valence electrons. The minimum atomic E-state index is -2.97. The van der Waals surface area contributed by atoms with Crippen LogP contribution in [0.5, 0.6) is 0 Å². The number of sulfonamides is 1. The van der Waals surface area contributed by atoms with Gasteiger partial charge in [-0.3, -0.25) is 0 Å². The molecular formula is C4H11NO2S2. The van der Waals surface area contributed by atoms with E-state index in [9.17, 15) is 8.42 Å². The second kappa shape index (κ2) is 3.43. The summed E-state index contributed by atoms with van der Waals surface area (Å²) >= 11 is 1.28. The summed E-state index contributed by atoms with van der Waals surface area (Å²) in [5, 5.41) is 0. The summed E-state index contributed by atoms with van der Waals surface area (Å²) in [5.74, 6) is 0.781. The summed E-state index contributed by atoms with van der Waals surface area (Å²) in [6.45, 7) is 1.91. The van der Waals surface area contributed by atoms with Gasteiger partial charge in [0.1, 0.15) is 0 Å².